The molecule has 3 aromatic carbocycles. The van der Waals surface area contributed by atoms with Crippen molar-refractivity contribution in [3.63, 3.8) is 0 Å². The lowest BCUT2D eigenvalue weighted by Crippen LogP contribution is -2.29. The normalized spacial score (nSPS) is 21.7. The van der Waals surface area contributed by atoms with E-state index in [-0.39, 0.29) is 12.0 Å². The molecule has 2 N–H and O–H groups in total. The predicted octanol–water partition coefficient (Wildman–Crippen LogP) is 6.44. The zero-order chi connectivity index (χ0) is 22.3. The van der Waals surface area contributed by atoms with Gasteiger partial charge in [0.25, 0.3) is 10.0 Å². The van der Waals surface area contributed by atoms with Gasteiger partial charge in [-0.3, -0.25) is 4.72 Å². The van der Waals surface area contributed by atoms with Crippen LogP contribution in [0, 0.1) is 5.92 Å². The fraction of sp³-hybridized carbons (Fsp3) is 0.259. The maximum Gasteiger partial charge on any atom is 0.261 e. The summed E-state index contributed by atoms with van der Waals surface area (Å²) in [5, 5.41) is 3.71. The van der Waals surface area contributed by atoms with Gasteiger partial charge in [0.1, 0.15) is 0 Å². The van der Waals surface area contributed by atoms with E-state index in [1.807, 2.05) is 30.3 Å². The Morgan fingerprint density at radius 1 is 0.969 bits per heavy atom. The zero-order valence-corrected chi connectivity index (χ0v) is 19.1. The molecule has 3 aromatic rings. The summed E-state index contributed by atoms with van der Waals surface area (Å²) in [5.41, 5.74) is 5.24. The summed E-state index contributed by atoms with van der Waals surface area (Å²) in [6, 6.07) is 23.5. The molecule has 0 bridgehead atoms. The molecule has 1 aliphatic heterocycles. The van der Waals surface area contributed by atoms with Gasteiger partial charge >= 0.3 is 0 Å². The summed E-state index contributed by atoms with van der Waals surface area (Å²) in [5.74, 6) is 1.08. The lowest BCUT2D eigenvalue weighted by Gasteiger charge is -2.37. The first-order chi connectivity index (χ1) is 15.4. The number of anilines is 2. The fourth-order valence-corrected chi connectivity index (χ4v) is 5.97. The van der Waals surface area contributed by atoms with E-state index in [4.69, 9.17) is 0 Å². The van der Waals surface area contributed by atoms with Gasteiger partial charge in [-0.15, -0.1) is 0 Å². The largest absolute Gasteiger partial charge is 0.378 e. The van der Waals surface area contributed by atoms with Gasteiger partial charge in [0, 0.05) is 17.3 Å². The highest BCUT2D eigenvalue weighted by Gasteiger charge is 2.38. The third-order valence-corrected chi connectivity index (χ3v) is 8.01. The summed E-state index contributed by atoms with van der Waals surface area (Å²) in [4.78, 5) is 0.292. The number of para-hydroxylation sites is 1. The van der Waals surface area contributed by atoms with Gasteiger partial charge in [0.2, 0.25) is 0 Å². The van der Waals surface area contributed by atoms with Crippen molar-refractivity contribution in [2.45, 2.75) is 43.0 Å². The number of hydrogen-bond acceptors (Lipinski definition) is 3. The van der Waals surface area contributed by atoms with Gasteiger partial charge < -0.3 is 5.32 Å². The van der Waals surface area contributed by atoms with E-state index in [1.165, 1.54) is 11.1 Å². The van der Waals surface area contributed by atoms with Crippen molar-refractivity contribution in [1.82, 2.24) is 0 Å². The van der Waals surface area contributed by atoms with Crippen molar-refractivity contribution in [2.75, 3.05) is 10.0 Å². The molecule has 0 spiro atoms. The van der Waals surface area contributed by atoms with Crippen molar-refractivity contribution in [3.05, 3.63) is 102 Å². The Hall–Kier alpha value is -3.05. The monoisotopic (exact) mass is 444 g/mol. The second kappa shape index (κ2) is 8.14. The smallest absolute Gasteiger partial charge is 0.261 e. The standard InChI is InChI=1S/C27H28N2O2S/c1-18(2)19-11-13-20(14-12-19)27-24-10-6-9-23(24)25-17-22(15-16-26(25)28-27)32(30,31)29-21-7-4-3-5-8-21/h3-9,11-18,23-24,27-29H,10H2,1-2H3. The molecule has 0 radical (unpaired) electrons. The molecule has 1 heterocycles. The molecule has 5 rings (SSSR count). The molecular weight excluding hydrogens is 416 g/mol. The molecule has 0 fully saturated rings. The van der Waals surface area contributed by atoms with Crippen LogP contribution < -0.4 is 10.0 Å². The minimum Gasteiger partial charge on any atom is -0.378 e. The summed E-state index contributed by atoms with van der Waals surface area (Å²) in [6.07, 6.45) is 5.44. The van der Waals surface area contributed by atoms with Crippen LogP contribution in [-0.2, 0) is 10.0 Å². The van der Waals surface area contributed by atoms with Gasteiger partial charge in [-0.05, 0) is 65.3 Å². The Morgan fingerprint density at radius 2 is 1.72 bits per heavy atom. The molecule has 32 heavy (non-hydrogen) atoms. The second-order valence-electron chi connectivity index (χ2n) is 9.02. The number of sulfonamides is 1. The Bertz CT molecular complexity index is 1250. The van der Waals surface area contributed by atoms with Crippen molar-refractivity contribution >= 4 is 21.4 Å². The molecule has 5 heteroatoms. The highest BCUT2D eigenvalue weighted by molar-refractivity contribution is 7.92. The Morgan fingerprint density at radius 3 is 2.44 bits per heavy atom. The molecule has 0 saturated heterocycles. The van der Waals surface area contributed by atoms with Gasteiger partial charge in [0.05, 0.1) is 10.9 Å². The third kappa shape index (κ3) is 3.82. The van der Waals surface area contributed by atoms with Crippen LogP contribution in [0.5, 0.6) is 0 Å². The van der Waals surface area contributed by atoms with Crippen LogP contribution in [0.25, 0.3) is 0 Å². The highest BCUT2D eigenvalue weighted by atomic mass is 32.2. The van der Waals surface area contributed by atoms with E-state index in [0.29, 0.717) is 22.4 Å². The third-order valence-electron chi connectivity index (χ3n) is 6.63. The number of allylic oxidation sites excluding steroid dienone is 2. The number of nitrogens with one attached hydrogen (secondary N) is 2. The van der Waals surface area contributed by atoms with Gasteiger partial charge in [-0.2, -0.15) is 0 Å². The van der Waals surface area contributed by atoms with Crippen LogP contribution in [0.1, 0.15) is 54.8 Å². The number of benzene rings is 3. The van der Waals surface area contributed by atoms with E-state index in [1.54, 1.807) is 18.2 Å². The molecular formula is C27H28N2O2S. The lowest BCUT2D eigenvalue weighted by atomic mass is 9.77. The summed E-state index contributed by atoms with van der Waals surface area (Å²) < 4.78 is 28.7. The lowest BCUT2D eigenvalue weighted by molar-refractivity contribution is 0.425. The molecule has 0 aromatic heterocycles. The predicted molar refractivity (Wildman–Crippen MR) is 131 cm³/mol. The topological polar surface area (TPSA) is 58.2 Å². The molecule has 0 amide bonds. The minimum absolute atomic E-state index is 0.202. The molecule has 1 aliphatic carbocycles. The Kier molecular flexibility index (Phi) is 5.30. The first-order valence-corrected chi connectivity index (χ1v) is 12.7. The fourth-order valence-electron chi connectivity index (χ4n) is 4.88. The summed E-state index contributed by atoms with van der Waals surface area (Å²) >= 11 is 0. The molecule has 164 valence electrons. The van der Waals surface area contributed by atoms with Gasteiger partial charge in [0.15, 0.2) is 0 Å². The van der Waals surface area contributed by atoms with Gasteiger partial charge in [-0.1, -0.05) is 68.5 Å². The second-order valence-corrected chi connectivity index (χ2v) is 10.7. The van der Waals surface area contributed by atoms with E-state index < -0.39 is 10.0 Å². The molecule has 3 unspecified atom stereocenters. The highest BCUT2D eigenvalue weighted by Crippen LogP contribution is 2.50. The first-order valence-electron chi connectivity index (χ1n) is 11.2. The number of fused-ring (bicyclic) bond motifs is 3. The van der Waals surface area contributed by atoms with E-state index in [0.717, 1.165) is 17.7 Å². The SMILES string of the molecule is CC(C)c1ccc(C2Nc3ccc(S(=O)(=O)Nc4ccccc4)cc3C3C=CCC32)cc1. The van der Waals surface area contributed by atoms with Crippen LogP contribution in [0.4, 0.5) is 11.4 Å². The maximum atomic E-state index is 13.0. The average molecular weight is 445 g/mol. The molecule has 3 atom stereocenters. The summed E-state index contributed by atoms with van der Waals surface area (Å²) in [6.45, 7) is 4.42. The number of hydrogen-bond donors (Lipinski definition) is 2. The van der Waals surface area contributed by atoms with E-state index in [2.05, 4.69) is 60.3 Å². The Balaban J connectivity index is 1.47. The maximum absolute atomic E-state index is 13.0. The van der Waals surface area contributed by atoms with Crippen molar-refractivity contribution < 1.29 is 8.42 Å². The molecule has 4 nitrogen and oxygen atoms in total. The summed E-state index contributed by atoms with van der Waals surface area (Å²) in [7, 11) is -3.66. The van der Waals surface area contributed by atoms with Crippen LogP contribution in [-0.4, -0.2) is 8.42 Å². The Labute approximate surface area is 190 Å². The minimum atomic E-state index is -3.66. The van der Waals surface area contributed by atoms with E-state index in [9.17, 15) is 8.42 Å². The van der Waals surface area contributed by atoms with Gasteiger partial charge in [-0.25, -0.2) is 8.42 Å². The van der Waals surface area contributed by atoms with Crippen molar-refractivity contribution in [2.24, 2.45) is 5.92 Å². The number of rotatable bonds is 5. The molecule has 2 aliphatic rings. The molecule has 0 saturated carbocycles. The van der Waals surface area contributed by atoms with Crippen LogP contribution in [0.3, 0.4) is 0 Å². The first kappa shape index (κ1) is 20.8. The van der Waals surface area contributed by atoms with Crippen molar-refractivity contribution in [1.29, 1.82) is 0 Å². The van der Waals surface area contributed by atoms with Crippen LogP contribution in [0.15, 0.2) is 89.8 Å². The average Bonchev–Trinajstić information content (AvgIpc) is 3.29. The van der Waals surface area contributed by atoms with Crippen molar-refractivity contribution in [3.8, 4) is 0 Å². The zero-order valence-electron chi connectivity index (χ0n) is 18.3. The van der Waals surface area contributed by atoms with Crippen LogP contribution in [0.2, 0.25) is 0 Å². The van der Waals surface area contributed by atoms with E-state index >= 15 is 0 Å². The quantitative estimate of drug-likeness (QED) is 0.445. The van der Waals surface area contributed by atoms with Crippen LogP contribution >= 0.6 is 0 Å².